The normalized spacial score (nSPS) is 15.6. The number of halogens is 2. The van der Waals surface area contributed by atoms with Crippen molar-refractivity contribution in [1.29, 1.82) is 0 Å². The molecule has 0 spiro atoms. The summed E-state index contributed by atoms with van der Waals surface area (Å²) >= 11 is 0. The number of hydrogen-bond acceptors (Lipinski definition) is 4. The minimum absolute atomic E-state index is 0.111. The molecule has 1 aromatic heterocycles. The minimum atomic E-state index is -3.02. The molecule has 1 aliphatic rings. The van der Waals surface area contributed by atoms with Crippen LogP contribution < -0.4 is 4.74 Å². The number of pyridine rings is 1. The topological polar surface area (TPSA) is 58.0 Å². The van der Waals surface area contributed by atoms with Crippen molar-refractivity contribution < 1.29 is 18.3 Å². The molecular weight excluding hydrogens is 366 g/mol. The molecule has 8 heteroatoms. The van der Waals surface area contributed by atoms with Gasteiger partial charge in [0.2, 0.25) is 5.91 Å². The van der Waals surface area contributed by atoms with Crippen molar-refractivity contribution in [2.45, 2.75) is 19.8 Å². The molecule has 0 aliphatic carbocycles. The number of hydrogen-bond donors (Lipinski definition) is 0. The molecule has 0 bridgehead atoms. The number of piperazine rings is 1. The smallest absolute Gasteiger partial charge is 0.286 e. The Morgan fingerprint density at radius 3 is 2.43 bits per heavy atom. The van der Waals surface area contributed by atoms with Crippen molar-refractivity contribution in [3.8, 4) is 5.75 Å². The van der Waals surface area contributed by atoms with E-state index in [4.69, 9.17) is 4.74 Å². The Kier molecular flexibility index (Phi) is 7.03. The van der Waals surface area contributed by atoms with Crippen LogP contribution in [0.5, 0.6) is 5.75 Å². The predicted octanol–water partition coefficient (Wildman–Crippen LogP) is 3.35. The molecule has 1 aromatic rings. The van der Waals surface area contributed by atoms with Crippen LogP contribution in [0.4, 0.5) is 8.78 Å². The summed E-state index contributed by atoms with van der Waals surface area (Å²) in [6, 6.07) is 2.63. The molecule has 0 aromatic carbocycles. The number of allylic oxidation sites excluding steroid dienone is 1. The van der Waals surface area contributed by atoms with Gasteiger partial charge in [0.25, 0.3) is 5.92 Å². The minimum Gasteiger partial charge on any atom is -0.452 e. The highest BCUT2D eigenvalue weighted by Crippen LogP contribution is 2.26. The highest BCUT2D eigenvalue weighted by Gasteiger charge is 2.26. The summed E-state index contributed by atoms with van der Waals surface area (Å²) in [6.07, 6.45) is 5.91. The molecule has 2 heterocycles. The third-order valence-electron chi connectivity index (χ3n) is 4.09. The first-order valence-corrected chi connectivity index (χ1v) is 8.83. The second-order valence-corrected chi connectivity index (χ2v) is 6.24. The van der Waals surface area contributed by atoms with Gasteiger partial charge >= 0.3 is 0 Å². The zero-order chi connectivity index (χ0) is 20.7. The molecule has 150 valence electrons. The molecule has 1 saturated heterocycles. The second-order valence-electron chi connectivity index (χ2n) is 6.24. The molecule has 1 fully saturated rings. The maximum atomic E-state index is 13.3. The van der Waals surface area contributed by atoms with Crippen molar-refractivity contribution in [1.82, 2.24) is 14.8 Å². The van der Waals surface area contributed by atoms with Gasteiger partial charge in [-0.15, -0.1) is 0 Å². The van der Waals surface area contributed by atoms with Gasteiger partial charge in [-0.1, -0.05) is 19.2 Å². The summed E-state index contributed by atoms with van der Waals surface area (Å²) < 4.78 is 32.3. The van der Waals surface area contributed by atoms with E-state index in [0.717, 1.165) is 6.92 Å². The van der Waals surface area contributed by atoms with Crippen LogP contribution in [0.1, 0.15) is 19.5 Å². The Morgan fingerprint density at radius 1 is 1.29 bits per heavy atom. The van der Waals surface area contributed by atoms with E-state index >= 15 is 0 Å². The van der Waals surface area contributed by atoms with Crippen LogP contribution in [0.15, 0.2) is 60.6 Å². The molecule has 0 unspecified atom stereocenters. The van der Waals surface area contributed by atoms with Crippen molar-refractivity contribution >= 4 is 11.7 Å². The van der Waals surface area contributed by atoms with E-state index in [1.54, 1.807) is 17.2 Å². The van der Waals surface area contributed by atoms with Gasteiger partial charge < -0.3 is 14.5 Å². The van der Waals surface area contributed by atoms with Crippen LogP contribution in [-0.2, 0) is 10.7 Å². The first-order chi connectivity index (χ1) is 13.3. The third kappa shape index (κ3) is 5.48. The predicted molar refractivity (Wildman–Crippen MR) is 104 cm³/mol. The lowest BCUT2D eigenvalue weighted by atomic mass is 10.2. The summed E-state index contributed by atoms with van der Waals surface area (Å²) in [4.78, 5) is 23.5. The fraction of sp³-hybridized carbons (Fsp3) is 0.350. The number of aromatic nitrogens is 1. The summed E-state index contributed by atoms with van der Waals surface area (Å²) in [5.74, 6) is -2.07. The van der Waals surface area contributed by atoms with Crippen molar-refractivity contribution in [3.05, 3.63) is 61.3 Å². The molecule has 1 aliphatic heterocycles. The molecule has 0 atom stereocenters. The number of nitrogens with zero attached hydrogens (tertiary/aromatic N) is 4. The van der Waals surface area contributed by atoms with E-state index in [1.807, 2.05) is 11.8 Å². The number of aliphatic imine (C=N–C) groups is 1. The highest BCUT2D eigenvalue weighted by molar-refractivity contribution is 5.97. The summed E-state index contributed by atoms with van der Waals surface area (Å²) in [6.45, 7) is 12.2. The molecule has 0 saturated carbocycles. The van der Waals surface area contributed by atoms with E-state index in [2.05, 4.69) is 23.1 Å². The Bertz CT molecular complexity index is 774. The molecule has 0 N–H and O–H groups in total. The molecule has 2 rings (SSSR count). The average Bonchev–Trinajstić information content (AvgIpc) is 2.68. The van der Waals surface area contributed by atoms with Gasteiger partial charge in [0.15, 0.2) is 11.6 Å². The summed E-state index contributed by atoms with van der Waals surface area (Å²) in [7, 11) is 0. The fourth-order valence-electron chi connectivity index (χ4n) is 2.63. The molecule has 28 heavy (non-hydrogen) atoms. The summed E-state index contributed by atoms with van der Waals surface area (Å²) in [5.41, 5.74) is -0.337. The largest absolute Gasteiger partial charge is 0.452 e. The zero-order valence-corrected chi connectivity index (χ0v) is 16.1. The average molecular weight is 390 g/mol. The lowest BCUT2D eigenvalue weighted by Gasteiger charge is -2.36. The first kappa shape index (κ1) is 21.3. The van der Waals surface area contributed by atoms with Crippen molar-refractivity contribution in [2.75, 3.05) is 26.2 Å². The van der Waals surface area contributed by atoms with E-state index in [-0.39, 0.29) is 23.1 Å². The van der Waals surface area contributed by atoms with Gasteiger partial charge in [-0.25, -0.2) is 4.99 Å². The molecule has 0 radical (unpaired) electrons. The Labute approximate surface area is 163 Å². The van der Waals surface area contributed by atoms with E-state index in [9.17, 15) is 13.6 Å². The van der Waals surface area contributed by atoms with Gasteiger partial charge in [-0.2, -0.15) is 8.78 Å². The van der Waals surface area contributed by atoms with Crippen LogP contribution in [0.2, 0.25) is 0 Å². The Morgan fingerprint density at radius 2 is 1.93 bits per heavy atom. The Balaban J connectivity index is 2.10. The number of rotatable bonds is 6. The number of alkyl halides is 2. The first-order valence-electron chi connectivity index (χ1n) is 8.83. The van der Waals surface area contributed by atoms with Gasteiger partial charge in [0, 0.05) is 39.3 Å². The molecular formula is C20H24F2N4O2. The number of carbonyl (C=O) groups excluding carboxylic acids is 1. The third-order valence-corrected chi connectivity index (χ3v) is 4.09. The second kappa shape index (κ2) is 9.25. The zero-order valence-electron chi connectivity index (χ0n) is 16.1. The maximum Gasteiger partial charge on any atom is 0.286 e. The van der Waals surface area contributed by atoms with Crippen LogP contribution in [0.3, 0.4) is 0 Å². The lowest BCUT2D eigenvalue weighted by molar-refractivity contribution is -0.127. The fourth-order valence-corrected chi connectivity index (χ4v) is 2.63. The number of amides is 1. The standard InChI is InChI=1S/C20H24F2N4O2/c1-5-9-23-19(26-12-10-25(11-13-26)18(27)6-2)15(3)28-16-7-8-17(24-14-16)20(4,21)22/h5-9,14H,2-3,10-13H2,1,4H3/b9-5-,23-19?. The van der Waals surface area contributed by atoms with E-state index < -0.39 is 5.92 Å². The van der Waals surface area contributed by atoms with E-state index in [0.29, 0.717) is 32.0 Å². The van der Waals surface area contributed by atoms with Crippen LogP contribution in [0, 0.1) is 0 Å². The number of amidine groups is 1. The van der Waals surface area contributed by atoms with Gasteiger partial charge in [-0.3, -0.25) is 9.78 Å². The summed E-state index contributed by atoms with van der Waals surface area (Å²) in [5, 5.41) is 0. The van der Waals surface area contributed by atoms with Crippen LogP contribution >= 0.6 is 0 Å². The quantitative estimate of drug-likeness (QED) is 0.324. The van der Waals surface area contributed by atoms with Crippen LogP contribution in [-0.4, -0.2) is 52.7 Å². The number of ether oxygens (including phenoxy) is 1. The Hall–Kier alpha value is -3.03. The molecule has 6 nitrogen and oxygen atoms in total. The molecule has 1 amide bonds. The monoisotopic (exact) mass is 390 g/mol. The van der Waals surface area contributed by atoms with Gasteiger partial charge in [0.1, 0.15) is 11.4 Å². The van der Waals surface area contributed by atoms with Crippen LogP contribution in [0.25, 0.3) is 0 Å². The van der Waals surface area contributed by atoms with Crippen molar-refractivity contribution in [3.63, 3.8) is 0 Å². The van der Waals surface area contributed by atoms with Gasteiger partial charge in [0.05, 0.1) is 6.20 Å². The van der Waals surface area contributed by atoms with Crippen molar-refractivity contribution in [2.24, 2.45) is 4.99 Å². The SMILES string of the molecule is C=CC(=O)N1CCN(C(=N/C=C\C)C(=C)Oc2ccc(C(C)(F)F)nc2)CC1. The highest BCUT2D eigenvalue weighted by atomic mass is 19.3. The van der Waals surface area contributed by atoms with E-state index in [1.165, 1.54) is 24.4 Å². The lowest BCUT2D eigenvalue weighted by Crippen LogP contribution is -2.50. The maximum absolute atomic E-state index is 13.3. The van der Waals surface area contributed by atoms with Gasteiger partial charge in [-0.05, 0) is 25.1 Å². The number of carbonyl (C=O) groups is 1.